The zero-order chi connectivity index (χ0) is 19.2. The fourth-order valence-electron chi connectivity index (χ4n) is 2.09. The molecule has 0 aliphatic heterocycles. The molecule has 6 nitrogen and oxygen atoms in total. The van der Waals surface area contributed by atoms with E-state index in [1.165, 1.54) is 54.6 Å². The third-order valence-electron chi connectivity index (χ3n) is 3.14. The highest BCUT2D eigenvalue weighted by molar-refractivity contribution is 7.88. The van der Waals surface area contributed by atoms with Crippen LogP contribution in [0.25, 0.3) is 6.08 Å². The minimum absolute atomic E-state index is 0.0427. The highest BCUT2D eigenvalue weighted by atomic mass is 32.2. The van der Waals surface area contributed by atoms with Crippen LogP contribution in [-0.4, -0.2) is 20.9 Å². The Morgan fingerprint density at radius 3 is 2.42 bits per heavy atom. The van der Waals surface area contributed by atoms with Crippen LogP contribution in [0.5, 0.6) is 5.75 Å². The van der Waals surface area contributed by atoms with Crippen LogP contribution < -0.4 is 15.2 Å². The monoisotopic (exact) mass is 382 g/mol. The first-order valence-electron chi connectivity index (χ1n) is 7.35. The number of hydrogen-bond acceptors (Lipinski definition) is 4. The Morgan fingerprint density at radius 1 is 1.15 bits per heavy atom. The van der Waals surface area contributed by atoms with Gasteiger partial charge < -0.3 is 10.1 Å². The molecular weight excluding hydrogens is 366 g/mol. The van der Waals surface area contributed by atoms with Crippen molar-refractivity contribution in [1.82, 2.24) is 0 Å². The Kier molecular flexibility index (Phi) is 6.42. The van der Waals surface area contributed by atoms with Gasteiger partial charge in [0.1, 0.15) is 5.75 Å². The molecule has 2 aromatic rings. The maximum atomic E-state index is 12.4. The lowest BCUT2D eigenvalue weighted by atomic mass is 10.2. The molecule has 0 aromatic heterocycles. The van der Waals surface area contributed by atoms with Crippen LogP contribution in [0.15, 0.2) is 54.6 Å². The second-order valence-corrected chi connectivity index (χ2v) is 6.86. The molecule has 2 rings (SSSR count). The summed E-state index contributed by atoms with van der Waals surface area (Å²) in [5.41, 5.74) is 1.25. The summed E-state index contributed by atoms with van der Waals surface area (Å²) in [5.74, 6) is -0.836. The molecule has 2 aromatic carbocycles. The largest absolute Gasteiger partial charge is 0.434 e. The number of alkyl halides is 2. The normalized spacial score (nSPS) is 11.7. The molecule has 0 bridgehead atoms. The lowest BCUT2D eigenvalue weighted by Crippen LogP contribution is -2.14. The van der Waals surface area contributed by atoms with E-state index in [0.29, 0.717) is 16.8 Å². The number of halogens is 2. The van der Waals surface area contributed by atoms with Gasteiger partial charge in [0, 0.05) is 17.3 Å². The first-order valence-corrected chi connectivity index (χ1v) is 9.07. The van der Waals surface area contributed by atoms with E-state index < -0.39 is 22.5 Å². The number of anilines is 1. The van der Waals surface area contributed by atoms with Gasteiger partial charge in [0.05, 0.1) is 5.75 Å². The van der Waals surface area contributed by atoms with Crippen LogP contribution in [0.2, 0.25) is 0 Å². The van der Waals surface area contributed by atoms with Crippen molar-refractivity contribution in [3.63, 3.8) is 0 Å². The second kappa shape index (κ2) is 8.54. The molecule has 0 aliphatic carbocycles. The molecular formula is C17H16F2N2O4S. The van der Waals surface area contributed by atoms with E-state index in [1.54, 1.807) is 6.07 Å². The quantitative estimate of drug-likeness (QED) is 0.720. The smallest absolute Gasteiger partial charge is 0.387 e. The van der Waals surface area contributed by atoms with Crippen molar-refractivity contribution < 1.29 is 26.7 Å². The van der Waals surface area contributed by atoms with Crippen LogP contribution in [-0.2, 0) is 20.6 Å². The maximum Gasteiger partial charge on any atom is 0.387 e. The number of nitrogens with one attached hydrogen (secondary N) is 1. The molecule has 26 heavy (non-hydrogen) atoms. The number of nitrogens with two attached hydrogens (primary N) is 1. The fraction of sp³-hybridized carbons (Fsp3) is 0.118. The van der Waals surface area contributed by atoms with Crippen molar-refractivity contribution in [2.24, 2.45) is 5.14 Å². The van der Waals surface area contributed by atoms with Gasteiger partial charge in [-0.3, -0.25) is 4.79 Å². The zero-order valence-electron chi connectivity index (χ0n) is 13.4. The molecule has 138 valence electrons. The minimum atomic E-state index is -3.63. The summed E-state index contributed by atoms with van der Waals surface area (Å²) in [4.78, 5) is 11.9. The molecule has 3 N–H and O–H groups in total. The number of benzene rings is 2. The summed E-state index contributed by atoms with van der Waals surface area (Å²) in [6.45, 7) is -2.96. The van der Waals surface area contributed by atoms with Gasteiger partial charge in [-0.1, -0.05) is 30.3 Å². The molecule has 0 spiro atoms. The number of hydrogen-bond donors (Lipinski definition) is 2. The van der Waals surface area contributed by atoms with E-state index in [9.17, 15) is 22.0 Å². The average molecular weight is 382 g/mol. The minimum Gasteiger partial charge on any atom is -0.434 e. The summed E-state index contributed by atoms with van der Waals surface area (Å²) in [7, 11) is -3.63. The standard InChI is InChI=1S/C17H16F2N2O4S/c18-17(19)25-15-4-2-1-3-13(15)7-10-16(22)21-14-8-5-12(6-9-14)11-26(20,23)24/h1-10,17H,11H2,(H,21,22)(H2,20,23,24)/b10-7+. The van der Waals surface area contributed by atoms with Crippen LogP contribution >= 0.6 is 0 Å². The van der Waals surface area contributed by atoms with E-state index in [4.69, 9.17) is 5.14 Å². The van der Waals surface area contributed by atoms with Crippen LogP contribution in [0.4, 0.5) is 14.5 Å². The maximum absolute atomic E-state index is 12.4. The number of rotatable bonds is 7. The second-order valence-electron chi connectivity index (χ2n) is 5.24. The summed E-state index contributed by atoms with van der Waals surface area (Å²) < 4.78 is 51.1. The van der Waals surface area contributed by atoms with Crippen LogP contribution in [0.3, 0.4) is 0 Å². The first kappa shape index (κ1) is 19.5. The number of carbonyl (C=O) groups is 1. The van der Waals surface area contributed by atoms with Gasteiger partial charge in [0.15, 0.2) is 0 Å². The Bertz CT molecular complexity index is 897. The van der Waals surface area contributed by atoms with Crippen molar-refractivity contribution in [1.29, 1.82) is 0 Å². The van der Waals surface area contributed by atoms with Gasteiger partial charge in [-0.25, -0.2) is 13.6 Å². The molecule has 0 unspecified atom stereocenters. The van der Waals surface area contributed by atoms with Crippen LogP contribution in [0.1, 0.15) is 11.1 Å². The number of carbonyl (C=O) groups excluding carboxylic acids is 1. The van der Waals surface area contributed by atoms with Crippen molar-refractivity contribution in [2.45, 2.75) is 12.4 Å². The van der Waals surface area contributed by atoms with Gasteiger partial charge in [0.2, 0.25) is 15.9 Å². The van der Waals surface area contributed by atoms with Crippen molar-refractivity contribution in [3.8, 4) is 5.75 Å². The number of amides is 1. The van der Waals surface area contributed by atoms with Crippen molar-refractivity contribution >= 4 is 27.7 Å². The van der Waals surface area contributed by atoms with Gasteiger partial charge in [-0.05, 0) is 29.8 Å². The number of sulfonamides is 1. The lowest BCUT2D eigenvalue weighted by molar-refractivity contribution is -0.111. The third-order valence-corrected chi connectivity index (χ3v) is 3.87. The Balaban J connectivity index is 2.02. The highest BCUT2D eigenvalue weighted by Crippen LogP contribution is 2.21. The summed E-state index contributed by atoms with van der Waals surface area (Å²) in [5, 5.41) is 7.53. The van der Waals surface area contributed by atoms with Gasteiger partial charge in [-0.2, -0.15) is 8.78 Å². The fourth-order valence-corrected chi connectivity index (χ4v) is 2.74. The van der Waals surface area contributed by atoms with E-state index in [2.05, 4.69) is 10.1 Å². The Hall–Kier alpha value is -2.78. The van der Waals surface area contributed by atoms with Crippen LogP contribution in [0, 0.1) is 0 Å². The number of para-hydroxylation sites is 1. The Labute approximate surface area is 149 Å². The van der Waals surface area contributed by atoms with Gasteiger partial charge >= 0.3 is 6.61 Å². The van der Waals surface area contributed by atoms with Gasteiger partial charge in [-0.15, -0.1) is 0 Å². The number of ether oxygens (including phenoxy) is 1. The lowest BCUT2D eigenvalue weighted by Gasteiger charge is -2.07. The predicted molar refractivity (Wildman–Crippen MR) is 94.0 cm³/mol. The third kappa shape index (κ3) is 6.61. The molecule has 0 fully saturated rings. The van der Waals surface area contributed by atoms with E-state index in [-0.39, 0.29) is 11.5 Å². The van der Waals surface area contributed by atoms with E-state index in [1.807, 2.05) is 0 Å². The molecule has 1 amide bonds. The predicted octanol–water partition coefficient (Wildman–Crippen LogP) is 2.73. The van der Waals surface area contributed by atoms with Crippen molar-refractivity contribution in [2.75, 3.05) is 5.32 Å². The first-order chi connectivity index (χ1) is 12.2. The summed E-state index contributed by atoms with van der Waals surface area (Å²) >= 11 is 0. The summed E-state index contributed by atoms with van der Waals surface area (Å²) in [6, 6.07) is 12.2. The zero-order valence-corrected chi connectivity index (χ0v) is 14.2. The SMILES string of the molecule is NS(=O)(=O)Cc1ccc(NC(=O)/C=C/c2ccccc2OC(F)F)cc1. The molecule has 0 heterocycles. The summed E-state index contributed by atoms with van der Waals surface area (Å²) in [6.07, 6.45) is 2.52. The Morgan fingerprint density at radius 2 is 1.81 bits per heavy atom. The molecule has 0 atom stereocenters. The highest BCUT2D eigenvalue weighted by Gasteiger charge is 2.08. The molecule has 9 heteroatoms. The number of primary sulfonamides is 1. The van der Waals surface area contributed by atoms with E-state index in [0.717, 1.165) is 0 Å². The van der Waals surface area contributed by atoms with E-state index >= 15 is 0 Å². The average Bonchev–Trinajstić information content (AvgIpc) is 2.54. The van der Waals surface area contributed by atoms with Gasteiger partial charge in [0.25, 0.3) is 0 Å². The molecule has 0 radical (unpaired) electrons. The topological polar surface area (TPSA) is 98.5 Å². The van der Waals surface area contributed by atoms with Crippen molar-refractivity contribution in [3.05, 3.63) is 65.7 Å². The molecule has 0 saturated carbocycles. The molecule has 0 saturated heterocycles. The molecule has 0 aliphatic rings.